The molecule has 0 bridgehead atoms. The number of nitriles is 1. The number of halogens is 1. The second kappa shape index (κ2) is 2.31. The van der Waals surface area contributed by atoms with E-state index in [0.717, 1.165) is 0 Å². The molecule has 1 heterocycles. The molecule has 58 valence electrons. The topological polar surface area (TPSA) is 49.8 Å². The minimum Gasteiger partial charge on any atom is -0.353 e. The van der Waals surface area contributed by atoms with Crippen molar-refractivity contribution in [2.45, 2.75) is 0 Å². The van der Waals surface area contributed by atoms with E-state index in [0.29, 0.717) is 10.9 Å². The summed E-state index contributed by atoms with van der Waals surface area (Å²) in [5.41, 5.74) is 0.404. The van der Waals surface area contributed by atoms with Crippen molar-refractivity contribution in [2.75, 3.05) is 0 Å². The van der Waals surface area contributed by atoms with Crippen LogP contribution in [0.15, 0.2) is 22.9 Å². The summed E-state index contributed by atoms with van der Waals surface area (Å²) in [7, 11) is 0. The molecule has 12 heavy (non-hydrogen) atoms. The molecule has 0 atom stereocenters. The van der Waals surface area contributed by atoms with Crippen LogP contribution in [0.25, 0.3) is 11.0 Å². The Morgan fingerprint density at radius 3 is 3.08 bits per heavy atom. The van der Waals surface area contributed by atoms with Crippen LogP contribution in [-0.2, 0) is 0 Å². The standard InChI is InChI=1S/C8H3FN2O/c9-7-2-1-5(3-10)6-4-11-12-8(6)7/h1-2,4H. The minimum atomic E-state index is -0.499. The van der Waals surface area contributed by atoms with Crippen molar-refractivity contribution in [3.05, 3.63) is 29.7 Å². The van der Waals surface area contributed by atoms with E-state index in [9.17, 15) is 4.39 Å². The highest BCUT2D eigenvalue weighted by molar-refractivity contribution is 5.82. The van der Waals surface area contributed by atoms with E-state index in [1.807, 2.05) is 6.07 Å². The Kier molecular flexibility index (Phi) is 1.31. The predicted molar refractivity (Wildman–Crippen MR) is 38.7 cm³/mol. The molecule has 0 radical (unpaired) electrons. The van der Waals surface area contributed by atoms with E-state index in [1.54, 1.807) is 0 Å². The number of benzene rings is 1. The van der Waals surface area contributed by atoms with E-state index in [2.05, 4.69) is 9.68 Å². The fourth-order valence-corrected chi connectivity index (χ4v) is 1.02. The highest BCUT2D eigenvalue weighted by Gasteiger charge is 2.08. The molecule has 0 amide bonds. The first kappa shape index (κ1) is 6.80. The number of nitrogens with zero attached hydrogens (tertiary/aromatic N) is 2. The van der Waals surface area contributed by atoms with Gasteiger partial charge < -0.3 is 4.52 Å². The molecule has 0 unspecified atom stereocenters. The van der Waals surface area contributed by atoms with Crippen molar-refractivity contribution in [1.29, 1.82) is 5.26 Å². The molecule has 0 saturated carbocycles. The van der Waals surface area contributed by atoms with Crippen LogP contribution in [0.2, 0.25) is 0 Å². The first-order chi connectivity index (χ1) is 5.83. The van der Waals surface area contributed by atoms with Gasteiger partial charge in [0.2, 0.25) is 5.58 Å². The third-order valence-electron chi connectivity index (χ3n) is 1.59. The van der Waals surface area contributed by atoms with E-state index in [-0.39, 0.29) is 5.58 Å². The monoisotopic (exact) mass is 162 g/mol. The number of rotatable bonds is 0. The molecule has 1 aromatic heterocycles. The molecule has 2 rings (SSSR count). The van der Waals surface area contributed by atoms with Crippen LogP contribution >= 0.6 is 0 Å². The highest BCUT2D eigenvalue weighted by Crippen LogP contribution is 2.20. The Morgan fingerprint density at radius 1 is 1.50 bits per heavy atom. The number of fused-ring (bicyclic) bond motifs is 1. The summed E-state index contributed by atoms with van der Waals surface area (Å²) in [5, 5.41) is 12.4. The Morgan fingerprint density at radius 2 is 2.33 bits per heavy atom. The molecule has 1 aromatic carbocycles. The van der Waals surface area contributed by atoms with Gasteiger partial charge in [-0.3, -0.25) is 0 Å². The maximum absolute atomic E-state index is 12.9. The second-order valence-electron chi connectivity index (χ2n) is 2.28. The molecule has 0 fully saturated rings. The van der Waals surface area contributed by atoms with Crippen LogP contribution in [-0.4, -0.2) is 5.16 Å². The third-order valence-corrected chi connectivity index (χ3v) is 1.59. The van der Waals surface area contributed by atoms with Gasteiger partial charge in [0.25, 0.3) is 0 Å². The molecule has 4 heteroatoms. The van der Waals surface area contributed by atoms with E-state index in [4.69, 9.17) is 5.26 Å². The summed E-state index contributed by atoms with van der Waals surface area (Å²) < 4.78 is 17.5. The van der Waals surface area contributed by atoms with Crippen molar-refractivity contribution in [1.82, 2.24) is 5.16 Å². The van der Waals surface area contributed by atoms with Crippen molar-refractivity contribution >= 4 is 11.0 Å². The van der Waals surface area contributed by atoms with Crippen LogP contribution in [0.3, 0.4) is 0 Å². The van der Waals surface area contributed by atoms with E-state index >= 15 is 0 Å². The van der Waals surface area contributed by atoms with Gasteiger partial charge in [-0.1, -0.05) is 5.16 Å². The molecule has 0 spiro atoms. The van der Waals surface area contributed by atoms with Crippen molar-refractivity contribution in [3.8, 4) is 6.07 Å². The first-order valence-corrected chi connectivity index (χ1v) is 3.26. The number of hydrogen-bond acceptors (Lipinski definition) is 3. The summed E-state index contributed by atoms with van der Waals surface area (Å²) in [5.74, 6) is -0.499. The van der Waals surface area contributed by atoms with Gasteiger partial charge in [-0.15, -0.1) is 0 Å². The quantitative estimate of drug-likeness (QED) is 0.593. The van der Waals surface area contributed by atoms with Gasteiger partial charge in [0.15, 0.2) is 5.82 Å². The second-order valence-corrected chi connectivity index (χ2v) is 2.28. The SMILES string of the molecule is N#Cc1ccc(F)c2oncc12. The molecular weight excluding hydrogens is 159 g/mol. The molecule has 0 aliphatic carbocycles. The van der Waals surface area contributed by atoms with Crippen LogP contribution in [0, 0.1) is 17.1 Å². The van der Waals surface area contributed by atoms with E-state index < -0.39 is 5.82 Å². The largest absolute Gasteiger partial charge is 0.353 e. The summed E-state index contributed by atoms with van der Waals surface area (Å²) in [6.45, 7) is 0. The fraction of sp³-hybridized carbons (Fsp3) is 0. The van der Waals surface area contributed by atoms with E-state index in [1.165, 1.54) is 18.3 Å². The lowest BCUT2D eigenvalue weighted by molar-refractivity contribution is 0.440. The number of aromatic nitrogens is 1. The van der Waals surface area contributed by atoms with Crippen LogP contribution in [0.1, 0.15) is 5.56 Å². The van der Waals surface area contributed by atoms with Crippen molar-refractivity contribution in [3.63, 3.8) is 0 Å². The van der Waals surface area contributed by atoms with Gasteiger partial charge in [0.05, 0.1) is 23.2 Å². The average molecular weight is 162 g/mol. The minimum absolute atomic E-state index is 0.0362. The van der Waals surface area contributed by atoms with Gasteiger partial charge >= 0.3 is 0 Å². The predicted octanol–water partition coefficient (Wildman–Crippen LogP) is 1.84. The molecule has 2 aromatic rings. The highest BCUT2D eigenvalue weighted by atomic mass is 19.1. The van der Waals surface area contributed by atoms with Gasteiger partial charge in [0, 0.05) is 0 Å². The number of hydrogen-bond donors (Lipinski definition) is 0. The Balaban J connectivity index is 2.94. The third kappa shape index (κ3) is 0.768. The Labute approximate surface area is 67.0 Å². The zero-order valence-electron chi connectivity index (χ0n) is 5.91. The van der Waals surface area contributed by atoms with Crippen molar-refractivity contribution < 1.29 is 8.91 Å². The Bertz CT molecular complexity index is 469. The summed E-state index contributed by atoms with van der Waals surface area (Å²) in [6, 6.07) is 4.50. The zero-order valence-corrected chi connectivity index (χ0v) is 5.91. The molecule has 0 N–H and O–H groups in total. The maximum Gasteiger partial charge on any atom is 0.203 e. The molecule has 3 nitrogen and oxygen atoms in total. The van der Waals surface area contributed by atoms with Crippen LogP contribution < -0.4 is 0 Å². The first-order valence-electron chi connectivity index (χ1n) is 3.26. The van der Waals surface area contributed by atoms with Gasteiger partial charge in [-0.2, -0.15) is 5.26 Å². The summed E-state index contributed by atoms with van der Waals surface area (Å²) >= 11 is 0. The molecule has 0 aliphatic rings. The van der Waals surface area contributed by atoms with Crippen molar-refractivity contribution in [2.24, 2.45) is 0 Å². The molecule has 0 aliphatic heterocycles. The fourth-order valence-electron chi connectivity index (χ4n) is 1.02. The van der Waals surface area contributed by atoms with Crippen LogP contribution in [0.5, 0.6) is 0 Å². The molecular formula is C8H3FN2O. The average Bonchev–Trinajstić information content (AvgIpc) is 2.54. The smallest absolute Gasteiger partial charge is 0.203 e. The lowest BCUT2D eigenvalue weighted by atomic mass is 10.1. The van der Waals surface area contributed by atoms with Gasteiger partial charge in [-0.05, 0) is 12.1 Å². The summed E-state index contributed by atoms with van der Waals surface area (Å²) in [4.78, 5) is 0. The summed E-state index contributed by atoms with van der Waals surface area (Å²) in [6.07, 6.45) is 1.33. The lowest BCUT2D eigenvalue weighted by Crippen LogP contribution is -1.78. The molecule has 0 saturated heterocycles. The maximum atomic E-state index is 12.9. The van der Waals surface area contributed by atoms with Gasteiger partial charge in [0.1, 0.15) is 0 Å². The van der Waals surface area contributed by atoms with Crippen LogP contribution in [0.4, 0.5) is 4.39 Å². The van der Waals surface area contributed by atoms with Gasteiger partial charge in [-0.25, -0.2) is 4.39 Å². The Hall–Kier alpha value is -1.89. The normalized spacial score (nSPS) is 10.0. The lowest BCUT2D eigenvalue weighted by Gasteiger charge is -1.90. The zero-order chi connectivity index (χ0) is 8.55.